The Morgan fingerprint density at radius 1 is 1.50 bits per heavy atom. The van der Waals surface area contributed by atoms with E-state index < -0.39 is 0 Å². The van der Waals surface area contributed by atoms with Crippen LogP contribution in [-0.4, -0.2) is 43.0 Å². The molecule has 1 heterocycles. The van der Waals surface area contributed by atoms with Crippen molar-refractivity contribution in [3.63, 3.8) is 0 Å². The Labute approximate surface area is 125 Å². The van der Waals surface area contributed by atoms with Crippen LogP contribution in [0.1, 0.15) is 19.8 Å². The molecule has 6 heteroatoms. The minimum Gasteiger partial charge on any atom is -0.383 e. The molecule has 1 atom stereocenters. The van der Waals surface area contributed by atoms with Crippen molar-refractivity contribution in [2.24, 2.45) is 5.92 Å². The van der Waals surface area contributed by atoms with E-state index in [1.807, 2.05) is 11.9 Å². The summed E-state index contributed by atoms with van der Waals surface area (Å²) < 4.78 is 6.53. The maximum Gasteiger partial charge on any atom is 0.268 e. The van der Waals surface area contributed by atoms with Crippen molar-refractivity contribution in [2.45, 2.75) is 26.3 Å². The Hall–Kier alpha value is -1.07. The van der Waals surface area contributed by atoms with Crippen LogP contribution in [0.2, 0.25) is 0 Å². The van der Waals surface area contributed by atoms with Crippen LogP contribution in [-0.2, 0) is 11.3 Å². The number of alkyl halides is 1. The van der Waals surface area contributed by atoms with Gasteiger partial charge in [-0.2, -0.15) is 5.10 Å². The zero-order valence-corrected chi connectivity index (χ0v) is 13.3. The van der Waals surface area contributed by atoms with Crippen molar-refractivity contribution >= 4 is 17.3 Å². The molecule has 1 aromatic rings. The summed E-state index contributed by atoms with van der Waals surface area (Å²) in [6.07, 6.45) is 3.61. The van der Waals surface area contributed by atoms with Crippen molar-refractivity contribution in [3.8, 4) is 0 Å². The van der Waals surface area contributed by atoms with Gasteiger partial charge < -0.3 is 9.64 Å². The summed E-state index contributed by atoms with van der Waals surface area (Å²) in [5.41, 5.74) is 0.752. The van der Waals surface area contributed by atoms with Crippen LogP contribution >= 0.6 is 11.6 Å². The van der Waals surface area contributed by atoms with Crippen molar-refractivity contribution in [3.05, 3.63) is 22.6 Å². The summed E-state index contributed by atoms with van der Waals surface area (Å²) in [6.45, 7) is 4.13. The van der Waals surface area contributed by atoms with Gasteiger partial charge >= 0.3 is 0 Å². The maximum absolute atomic E-state index is 12.0. The van der Waals surface area contributed by atoms with E-state index in [1.54, 1.807) is 19.4 Å². The summed E-state index contributed by atoms with van der Waals surface area (Å²) in [7, 11) is 3.58. The van der Waals surface area contributed by atoms with Gasteiger partial charge in [0.15, 0.2) is 0 Å². The Morgan fingerprint density at radius 3 is 2.85 bits per heavy atom. The molecule has 114 valence electrons. The molecule has 0 aromatic carbocycles. The molecule has 0 spiro atoms. The number of nitrogens with zero attached hydrogens (tertiary/aromatic N) is 3. The molecule has 0 N–H and O–H groups in total. The standard InChI is InChI=1S/C14H24ClN3O2/c1-12(4-6-15)5-7-18-14(19)10-13(11-16-18)17(2)8-9-20-3/h10-12H,4-9H2,1-3H3. The topological polar surface area (TPSA) is 47.4 Å². The van der Waals surface area contributed by atoms with Crippen LogP contribution in [0.3, 0.4) is 0 Å². The average molecular weight is 302 g/mol. The highest BCUT2D eigenvalue weighted by Gasteiger charge is 2.06. The first-order chi connectivity index (χ1) is 9.58. The van der Waals surface area contributed by atoms with E-state index in [9.17, 15) is 4.79 Å². The molecule has 0 saturated carbocycles. The molecule has 20 heavy (non-hydrogen) atoms. The van der Waals surface area contributed by atoms with Gasteiger partial charge in [-0.1, -0.05) is 6.92 Å². The van der Waals surface area contributed by atoms with E-state index >= 15 is 0 Å². The summed E-state index contributed by atoms with van der Waals surface area (Å²) in [5.74, 6) is 1.16. The molecule has 0 aliphatic heterocycles. The van der Waals surface area contributed by atoms with Gasteiger partial charge in [-0.15, -0.1) is 11.6 Å². The van der Waals surface area contributed by atoms with Gasteiger partial charge in [-0.3, -0.25) is 4.79 Å². The molecule has 0 saturated heterocycles. The van der Waals surface area contributed by atoms with E-state index in [4.69, 9.17) is 16.3 Å². The molecule has 0 aliphatic rings. The number of anilines is 1. The number of hydrogen-bond acceptors (Lipinski definition) is 4. The lowest BCUT2D eigenvalue weighted by Gasteiger charge is -2.18. The largest absolute Gasteiger partial charge is 0.383 e. The van der Waals surface area contributed by atoms with Crippen LogP contribution in [0.4, 0.5) is 5.69 Å². The highest BCUT2D eigenvalue weighted by molar-refractivity contribution is 6.17. The second kappa shape index (κ2) is 8.97. The first-order valence-electron chi connectivity index (χ1n) is 6.91. The minimum atomic E-state index is -0.0650. The van der Waals surface area contributed by atoms with E-state index in [0.717, 1.165) is 25.1 Å². The first-order valence-corrected chi connectivity index (χ1v) is 7.45. The van der Waals surface area contributed by atoms with Gasteiger partial charge in [0, 0.05) is 39.2 Å². The van der Waals surface area contributed by atoms with Gasteiger partial charge in [-0.25, -0.2) is 4.68 Å². The number of methoxy groups -OCH3 is 1. The van der Waals surface area contributed by atoms with Crippen LogP contribution < -0.4 is 10.5 Å². The third-order valence-electron chi connectivity index (χ3n) is 3.36. The normalized spacial score (nSPS) is 12.4. The summed E-state index contributed by atoms with van der Waals surface area (Å²) in [6, 6.07) is 1.62. The van der Waals surface area contributed by atoms with E-state index in [2.05, 4.69) is 12.0 Å². The molecule has 1 unspecified atom stereocenters. The number of hydrogen-bond donors (Lipinski definition) is 0. The van der Waals surface area contributed by atoms with Crippen LogP contribution in [0.15, 0.2) is 17.1 Å². The van der Waals surface area contributed by atoms with Gasteiger partial charge in [0.1, 0.15) is 0 Å². The second-order valence-electron chi connectivity index (χ2n) is 5.06. The van der Waals surface area contributed by atoms with Crippen molar-refractivity contribution in [2.75, 3.05) is 38.1 Å². The Morgan fingerprint density at radius 2 is 2.25 bits per heavy atom. The van der Waals surface area contributed by atoms with E-state index in [-0.39, 0.29) is 5.56 Å². The smallest absolute Gasteiger partial charge is 0.268 e. The molecule has 0 radical (unpaired) electrons. The predicted molar refractivity (Wildman–Crippen MR) is 82.8 cm³/mol. The van der Waals surface area contributed by atoms with Gasteiger partial charge in [0.2, 0.25) is 0 Å². The molecule has 1 aromatic heterocycles. The highest BCUT2D eigenvalue weighted by Crippen LogP contribution is 2.10. The van der Waals surface area contributed by atoms with Gasteiger partial charge in [0.05, 0.1) is 18.5 Å². The van der Waals surface area contributed by atoms with Gasteiger partial charge in [0.25, 0.3) is 5.56 Å². The average Bonchev–Trinajstić information content (AvgIpc) is 2.43. The van der Waals surface area contributed by atoms with Crippen molar-refractivity contribution in [1.82, 2.24) is 9.78 Å². The number of rotatable bonds is 9. The molecule has 1 rings (SSSR count). The Balaban J connectivity index is 2.61. The zero-order chi connectivity index (χ0) is 15.0. The number of ether oxygens (including phenoxy) is 1. The highest BCUT2D eigenvalue weighted by atomic mass is 35.5. The molecule has 0 amide bonds. The van der Waals surface area contributed by atoms with E-state index in [0.29, 0.717) is 24.9 Å². The molecular formula is C14H24ClN3O2. The molecule has 0 fully saturated rings. The Bertz CT molecular complexity index is 450. The molecule has 5 nitrogen and oxygen atoms in total. The number of aryl methyl sites for hydroxylation is 1. The van der Waals surface area contributed by atoms with Crippen LogP contribution in [0, 0.1) is 5.92 Å². The first kappa shape index (κ1) is 17.0. The summed E-state index contributed by atoms with van der Waals surface area (Å²) in [4.78, 5) is 14.0. The third-order valence-corrected chi connectivity index (χ3v) is 3.58. The lowest BCUT2D eigenvalue weighted by Crippen LogP contribution is -2.28. The number of aromatic nitrogens is 2. The fraction of sp³-hybridized carbons (Fsp3) is 0.714. The monoisotopic (exact) mass is 301 g/mol. The third kappa shape index (κ3) is 5.51. The zero-order valence-electron chi connectivity index (χ0n) is 12.5. The van der Waals surface area contributed by atoms with E-state index in [1.165, 1.54) is 4.68 Å². The lowest BCUT2D eigenvalue weighted by molar-refractivity contribution is 0.206. The van der Waals surface area contributed by atoms with Crippen molar-refractivity contribution < 1.29 is 4.74 Å². The summed E-state index contributed by atoms with van der Waals surface area (Å²) in [5, 5.41) is 4.23. The predicted octanol–water partition coefficient (Wildman–Crippen LogP) is 1.98. The number of halogens is 1. The van der Waals surface area contributed by atoms with Crippen molar-refractivity contribution in [1.29, 1.82) is 0 Å². The maximum atomic E-state index is 12.0. The Kier molecular flexibility index (Phi) is 7.62. The summed E-state index contributed by atoms with van der Waals surface area (Å²) >= 11 is 5.71. The lowest BCUT2D eigenvalue weighted by atomic mass is 10.1. The van der Waals surface area contributed by atoms with Crippen LogP contribution in [0.5, 0.6) is 0 Å². The fourth-order valence-corrected chi connectivity index (χ4v) is 2.20. The number of likely N-dealkylation sites (N-methyl/N-ethyl adjacent to an activating group) is 1. The SMILES string of the molecule is COCCN(C)c1cnn(CCC(C)CCCl)c(=O)c1. The molecular weight excluding hydrogens is 278 g/mol. The quantitative estimate of drug-likeness (QED) is 0.654. The van der Waals surface area contributed by atoms with Gasteiger partial charge in [-0.05, 0) is 18.8 Å². The minimum absolute atomic E-state index is 0.0650. The van der Waals surface area contributed by atoms with Crippen LogP contribution in [0.25, 0.3) is 0 Å². The molecule has 0 bridgehead atoms. The fourth-order valence-electron chi connectivity index (χ4n) is 1.83. The molecule has 0 aliphatic carbocycles. The second-order valence-corrected chi connectivity index (χ2v) is 5.44.